The molecule has 1 atom stereocenters. The molecule has 5 rings (SSSR count). The lowest BCUT2D eigenvalue weighted by molar-refractivity contribution is 0.133. The topological polar surface area (TPSA) is 128 Å². The quantitative estimate of drug-likeness (QED) is 0.495. The number of piperidine rings is 1. The Morgan fingerprint density at radius 1 is 1.21 bits per heavy atom. The van der Waals surface area contributed by atoms with Crippen LogP contribution >= 0.6 is 0 Å². The first-order chi connectivity index (χ1) is 16.4. The van der Waals surface area contributed by atoms with E-state index < -0.39 is 6.09 Å². The Balaban J connectivity index is 1.51. The van der Waals surface area contributed by atoms with Gasteiger partial charge in [-0.05, 0) is 25.0 Å². The van der Waals surface area contributed by atoms with E-state index >= 15 is 0 Å². The van der Waals surface area contributed by atoms with Crippen LogP contribution in [-0.2, 0) is 7.05 Å². The average Bonchev–Trinajstić information content (AvgIpc) is 3.49. The van der Waals surface area contributed by atoms with E-state index in [1.807, 2.05) is 25.4 Å². The van der Waals surface area contributed by atoms with Crippen molar-refractivity contribution >= 4 is 17.4 Å². The summed E-state index contributed by atoms with van der Waals surface area (Å²) >= 11 is 0. The first-order valence-electron chi connectivity index (χ1n) is 10.9. The molecule has 11 nitrogen and oxygen atoms in total. The summed E-state index contributed by atoms with van der Waals surface area (Å²) in [5, 5.41) is 27.5. The van der Waals surface area contributed by atoms with Gasteiger partial charge in [-0.2, -0.15) is 15.5 Å². The number of aromatic nitrogens is 6. The lowest BCUT2D eigenvalue weighted by atomic mass is 10.0. The number of fused-ring (bicyclic) bond motifs is 1. The Hall–Kier alpha value is -4.46. The molecule has 4 aromatic heterocycles. The lowest BCUT2D eigenvalue weighted by Crippen LogP contribution is -2.48. The van der Waals surface area contributed by atoms with Gasteiger partial charge in [-0.25, -0.2) is 19.3 Å². The molecule has 1 fully saturated rings. The summed E-state index contributed by atoms with van der Waals surface area (Å²) in [6.07, 6.45) is 9.45. The molecule has 0 spiro atoms. The Bertz CT molecular complexity index is 1400. The molecule has 11 heteroatoms. The number of carbonyl (C=O) groups is 1. The second kappa shape index (κ2) is 8.47. The van der Waals surface area contributed by atoms with E-state index in [0.29, 0.717) is 29.0 Å². The minimum absolute atomic E-state index is 0.0739. The van der Waals surface area contributed by atoms with Crippen LogP contribution in [0.1, 0.15) is 18.4 Å². The van der Waals surface area contributed by atoms with Crippen LogP contribution in [0.2, 0.25) is 0 Å². The first kappa shape index (κ1) is 21.4. The molecule has 0 radical (unpaired) electrons. The number of hydrogen-bond acceptors (Lipinski definition) is 7. The minimum atomic E-state index is -0.923. The molecule has 1 amide bonds. The highest BCUT2D eigenvalue weighted by molar-refractivity contribution is 5.83. The van der Waals surface area contributed by atoms with Crippen molar-refractivity contribution in [2.24, 2.45) is 7.05 Å². The van der Waals surface area contributed by atoms with E-state index in [2.05, 4.69) is 26.2 Å². The van der Waals surface area contributed by atoms with Gasteiger partial charge < -0.3 is 14.9 Å². The smallest absolute Gasteiger partial charge is 0.407 e. The normalized spacial score (nSPS) is 15.9. The predicted molar refractivity (Wildman–Crippen MR) is 124 cm³/mol. The standard InChI is InChI=1S/C23H23N9O2/c1-29-12-17(11-26-29)19-14-32-22(16(8-24)10-27-32)21(28-19)15-5-6-20(25-9-15)31-7-3-4-18(13-31)30(2)23(33)34/h5-6,9-12,14,18H,3-4,7,13H2,1-2H3,(H,33,34). The molecule has 0 bridgehead atoms. The number of nitrogens with zero attached hydrogens (tertiary/aromatic N) is 9. The van der Waals surface area contributed by atoms with E-state index in [1.54, 1.807) is 34.8 Å². The Kier molecular flexibility index (Phi) is 5.33. The van der Waals surface area contributed by atoms with E-state index in [1.165, 1.54) is 11.1 Å². The molecule has 0 aromatic carbocycles. The molecule has 1 N–H and O–H groups in total. The number of likely N-dealkylation sites (N-methyl/N-ethyl adjacent to an activating group) is 1. The van der Waals surface area contributed by atoms with Crippen molar-refractivity contribution in [3.05, 3.63) is 48.7 Å². The number of pyridine rings is 1. The number of aryl methyl sites for hydroxylation is 1. The fourth-order valence-electron chi connectivity index (χ4n) is 4.34. The molecular weight excluding hydrogens is 434 g/mol. The van der Waals surface area contributed by atoms with Crippen LogP contribution in [0.3, 0.4) is 0 Å². The molecule has 1 aliphatic rings. The van der Waals surface area contributed by atoms with Crippen molar-refractivity contribution in [1.29, 1.82) is 5.26 Å². The van der Waals surface area contributed by atoms with Crippen LogP contribution in [0.4, 0.5) is 10.6 Å². The van der Waals surface area contributed by atoms with Crippen molar-refractivity contribution in [1.82, 2.24) is 34.3 Å². The van der Waals surface area contributed by atoms with E-state index in [0.717, 1.165) is 36.3 Å². The van der Waals surface area contributed by atoms with Gasteiger partial charge in [0.05, 0.1) is 36.0 Å². The molecule has 1 unspecified atom stereocenters. The molecular formula is C23H23N9O2. The van der Waals surface area contributed by atoms with Gasteiger partial charge in [0.2, 0.25) is 0 Å². The Morgan fingerprint density at radius 3 is 2.74 bits per heavy atom. The fourth-order valence-corrected chi connectivity index (χ4v) is 4.34. The van der Waals surface area contributed by atoms with Gasteiger partial charge in [0.1, 0.15) is 23.0 Å². The van der Waals surface area contributed by atoms with Crippen molar-refractivity contribution in [2.45, 2.75) is 18.9 Å². The Morgan fingerprint density at radius 2 is 2.06 bits per heavy atom. The van der Waals surface area contributed by atoms with Gasteiger partial charge in [0.25, 0.3) is 0 Å². The van der Waals surface area contributed by atoms with Crippen LogP contribution in [0.5, 0.6) is 0 Å². The third kappa shape index (κ3) is 3.79. The summed E-state index contributed by atoms with van der Waals surface area (Å²) < 4.78 is 3.36. The van der Waals surface area contributed by atoms with Crippen LogP contribution < -0.4 is 4.90 Å². The zero-order valence-electron chi connectivity index (χ0n) is 18.8. The van der Waals surface area contributed by atoms with Crippen molar-refractivity contribution in [2.75, 3.05) is 25.0 Å². The van der Waals surface area contributed by atoms with E-state index in [9.17, 15) is 15.2 Å². The van der Waals surface area contributed by atoms with Crippen molar-refractivity contribution in [3.8, 4) is 28.6 Å². The summed E-state index contributed by atoms with van der Waals surface area (Å²) in [5.41, 5.74) is 3.93. The van der Waals surface area contributed by atoms with E-state index in [-0.39, 0.29) is 6.04 Å². The molecule has 172 valence electrons. The molecule has 4 aromatic rings. The first-order valence-corrected chi connectivity index (χ1v) is 10.9. The van der Waals surface area contributed by atoms with Gasteiger partial charge in [0.15, 0.2) is 0 Å². The number of carboxylic acid groups (broad SMARTS) is 1. The number of amides is 1. The van der Waals surface area contributed by atoms with E-state index in [4.69, 9.17) is 4.98 Å². The third-order valence-corrected chi connectivity index (χ3v) is 6.21. The Labute approximate surface area is 195 Å². The number of hydrogen-bond donors (Lipinski definition) is 1. The second-order valence-corrected chi connectivity index (χ2v) is 8.38. The number of nitriles is 1. The summed E-state index contributed by atoms with van der Waals surface area (Å²) in [4.78, 5) is 24.3. The highest BCUT2D eigenvalue weighted by atomic mass is 16.4. The monoisotopic (exact) mass is 457 g/mol. The molecule has 1 aliphatic heterocycles. The van der Waals surface area contributed by atoms with Gasteiger partial charge in [-0.1, -0.05) is 0 Å². The summed E-state index contributed by atoms with van der Waals surface area (Å²) in [6.45, 7) is 1.41. The van der Waals surface area contributed by atoms with Gasteiger partial charge >= 0.3 is 6.09 Å². The van der Waals surface area contributed by atoms with Crippen molar-refractivity contribution < 1.29 is 9.90 Å². The molecule has 0 saturated carbocycles. The maximum atomic E-state index is 11.4. The molecule has 1 saturated heterocycles. The molecule has 34 heavy (non-hydrogen) atoms. The van der Waals surface area contributed by atoms with Crippen LogP contribution in [0, 0.1) is 11.3 Å². The zero-order chi connectivity index (χ0) is 23.8. The predicted octanol–water partition coefficient (Wildman–Crippen LogP) is 2.64. The van der Waals surface area contributed by atoms with Crippen LogP contribution in [0.15, 0.2) is 43.1 Å². The summed E-state index contributed by atoms with van der Waals surface area (Å²) in [5.74, 6) is 0.778. The minimum Gasteiger partial charge on any atom is -0.465 e. The number of rotatable bonds is 4. The molecule has 0 aliphatic carbocycles. The van der Waals surface area contributed by atoms with Crippen LogP contribution in [0.25, 0.3) is 28.0 Å². The van der Waals surface area contributed by atoms with Crippen molar-refractivity contribution in [3.63, 3.8) is 0 Å². The van der Waals surface area contributed by atoms with Gasteiger partial charge in [0, 0.05) is 50.7 Å². The summed E-state index contributed by atoms with van der Waals surface area (Å²) in [6, 6.07) is 5.96. The highest BCUT2D eigenvalue weighted by Gasteiger charge is 2.26. The lowest BCUT2D eigenvalue weighted by Gasteiger charge is -2.37. The number of anilines is 1. The third-order valence-electron chi connectivity index (χ3n) is 6.21. The average molecular weight is 457 g/mol. The molecule has 5 heterocycles. The largest absolute Gasteiger partial charge is 0.465 e. The van der Waals surface area contributed by atoms with Gasteiger partial charge in [-0.3, -0.25) is 4.68 Å². The second-order valence-electron chi connectivity index (χ2n) is 8.38. The maximum Gasteiger partial charge on any atom is 0.407 e. The highest BCUT2D eigenvalue weighted by Crippen LogP contribution is 2.30. The fraction of sp³-hybridized carbons (Fsp3) is 0.304. The maximum absolute atomic E-state index is 11.4. The van der Waals surface area contributed by atoms with Gasteiger partial charge in [-0.15, -0.1) is 0 Å². The zero-order valence-corrected chi connectivity index (χ0v) is 18.8. The SMILES string of the molecule is CN(C(=O)O)C1CCCN(c2ccc(-c3nc(-c4cnn(C)c4)cn4ncc(C#N)c34)cn2)C1. The summed E-state index contributed by atoms with van der Waals surface area (Å²) in [7, 11) is 3.45. The van der Waals surface area contributed by atoms with Crippen LogP contribution in [-0.4, -0.2) is 71.6 Å².